The predicted octanol–water partition coefficient (Wildman–Crippen LogP) is 5.89. The molecule has 0 aliphatic rings. The number of carboxylic acids is 3. The molecule has 0 aliphatic heterocycles. The van der Waals surface area contributed by atoms with Gasteiger partial charge < -0.3 is 20.1 Å². The number of hydrogen-bond acceptors (Lipinski definition) is 4. The summed E-state index contributed by atoms with van der Waals surface area (Å²) in [6.07, 6.45) is 22.6. The number of unbranched alkanes of at least 4 members (excludes halogenated alkanes) is 1. The van der Waals surface area contributed by atoms with Crippen LogP contribution in [0, 0.1) is 5.92 Å². The van der Waals surface area contributed by atoms with E-state index in [0.717, 1.165) is 30.9 Å². The Morgan fingerprint density at radius 2 is 1.54 bits per heavy atom. The van der Waals surface area contributed by atoms with Crippen molar-refractivity contribution in [3.05, 3.63) is 83.6 Å². The molecule has 0 rings (SSSR count). The van der Waals surface area contributed by atoms with E-state index in [2.05, 4.69) is 18.2 Å². The van der Waals surface area contributed by atoms with Gasteiger partial charge in [0, 0.05) is 18.8 Å². The third-order valence-electron chi connectivity index (χ3n) is 4.94. The molecule has 35 heavy (non-hydrogen) atoms. The van der Waals surface area contributed by atoms with Gasteiger partial charge in [-0.1, -0.05) is 67.7 Å². The molecule has 0 spiro atoms. The van der Waals surface area contributed by atoms with Crippen molar-refractivity contribution in [3.63, 3.8) is 0 Å². The van der Waals surface area contributed by atoms with Crippen molar-refractivity contribution < 1.29 is 34.4 Å². The maximum atomic E-state index is 10.9. The summed E-state index contributed by atoms with van der Waals surface area (Å²) in [7, 11) is 1.63. The van der Waals surface area contributed by atoms with Gasteiger partial charge in [-0.3, -0.25) is 4.79 Å². The first-order chi connectivity index (χ1) is 16.6. The largest absolute Gasteiger partial charge is 0.481 e. The first-order valence-corrected chi connectivity index (χ1v) is 11.5. The molecular weight excluding hydrogens is 448 g/mol. The average molecular weight is 487 g/mol. The van der Waals surface area contributed by atoms with Crippen molar-refractivity contribution in [2.75, 3.05) is 7.11 Å². The molecule has 0 aromatic rings. The summed E-state index contributed by atoms with van der Waals surface area (Å²) in [5, 5.41) is 26.6. The van der Waals surface area contributed by atoms with E-state index in [4.69, 9.17) is 20.1 Å². The Kier molecular flexibility index (Phi) is 17.1. The highest BCUT2D eigenvalue weighted by Gasteiger charge is 2.07. The van der Waals surface area contributed by atoms with Crippen LogP contribution < -0.4 is 0 Å². The number of carboxylic acid groups (broad SMARTS) is 3. The van der Waals surface area contributed by atoms with Crippen LogP contribution in [0.25, 0.3) is 0 Å². The first kappa shape index (κ1) is 31.6. The topological polar surface area (TPSA) is 121 Å². The van der Waals surface area contributed by atoms with Crippen molar-refractivity contribution in [3.8, 4) is 0 Å². The first-order valence-electron chi connectivity index (χ1n) is 11.5. The number of rotatable bonds is 17. The highest BCUT2D eigenvalue weighted by Crippen LogP contribution is 2.12. The van der Waals surface area contributed by atoms with Crippen LogP contribution >= 0.6 is 0 Å². The number of allylic oxidation sites excluding steroid dienone is 9. The predicted molar refractivity (Wildman–Crippen MR) is 138 cm³/mol. The molecule has 0 heterocycles. The van der Waals surface area contributed by atoms with E-state index in [1.807, 2.05) is 38.2 Å². The quantitative estimate of drug-likeness (QED) is 0.101. The molecule has 0 amide bonds. The molecule has 0 saturated heterocycles. The van der Waals surface area contributed by atoms with Crippen molar-refractivity contribution in [2.45, 2.75) is 59.0 Å². The minimum absolute atomic E-state index is 0.115. The van der Waals surface area contributed by atoms with Crippen molar-refractivity contribution >= 4 is 17.9 Å². The minimum atomic E-state index is -1.16. The second-order valence-electron chi connectivity index (χ2n) is 8.13. The summed E-state index contributed by atoms with van der Waals surface area (Å²) >= 11 is 0. The van der Waals surface area contributed by atoms with E-state index in [0.29, 0.717) is 6.42 Å². The zero-order valence-electron chi connectivity index (χ0n) is 21.0. The van der Waals surface area contributed by atoms with Crippen LogP contribution in [0.2, 0.25) is 0 Å². The molecule has 7 heteroatoms. The Balaban J connectivity index is 4.41. The Hall–Kier alpha value is -3.45. The second kappa shape index (κ2) is 18.9. The van der Waals surface area contributed by atoms with Crippen LogP contribution in [0.3, 0.4) is 0 Å². The number of methoxy groups -OCH3 is 1. The molecule has 3 N–H and O–H groups in total. The van der Waals surface area contributed by atoms with E-state index in [1.54, 1.807) is 32.3 Å². The molecule has 0 unspecified atom stereocenters. The van der Waals surface area contributed by atoms with Gasteiger partial charge >= 0.3 is 17.9 Å². The summed E-state index contributed by atoms with van der Waals surface area (Å²) in [4.78, 5) is 32.4. The fourth-order valence-electron chi connectivity index (χ4n) is 2.84. The molecule has 0 fully saturated rings. The second-order valence-corrected chi connectivity index (χ2v) is 8.13. The van der Waals surface area contributed by atoms with E-state index in [-0.39, 0.29) is 29.6 Å². The van der Waals surface area contributed by atoms with Crippen LogP contribution in [0.5, 0.6) is 0 Å². The minimum Gasteiger partial charge on any atom is -0.481 e. The number of carbonyl (C=O) groups is 3. The molecule has 192 valence electrons. The van der Waals surface area contributed by atoms with Gasteiger partial charge in [0.05, 0.1) is 12.5 Å². The summed E-state index contributed by atoms with van der Waals surface area (Å²) in [5.74, 6) is -3.01. The monoisotopic (exact) mass is 486 g/mol. The lowest BCUT2D eigenvalue weighted by atomic mass is 10.0. The lowest BCUT2D eigenvalue weighted by Gasteiger charge is -2.13. The normalized spacial score (nSPS) is 15.5. The van der Waals surface area contributed by atoms with E-state index in [9.17, 15) is 14.4 Å². The van der Waals surface area contributed by atoms with Crippen LogP contribution in [-0.2, 0) is 19.1 Å². The lowest BCUT2D eigenvalue weighted by molar-refractivity contribution is -0.136. The van der Waals surface area contributed by atoms with Crippen LogP contribution in [0.1, 0.15) is 52.9 Å². The Labute approximate surface area is 208 Å². The van der Waals surface area contributed by atoms with Crippen LogP contribution in [0.4, 0.5) is 0 Å². The van der Waals surface area contributed by atoms with Gasteiger partial charge in [0.1, 0.15) is 0 Å². The van der Waals surface area contributed by atoms with Gasteiger partial charge in [-0.2, -0.15) is 0 Å². The fraction of sp³-hybridized carbons (Fsp3) is 0.393. The zero-order valence-corrected chi connectivity index (χ0v) is 21.0. The van der Waals surface area contributed by atoms with Crippen LogP contribution in [-0.4, -0.2) is 46.4 Å². The molecule has 0 saturated carbocycles. The van der Waals surface area contributed by atoms with Gasteiger partial charge in [0.25, 0.3) is 0 Å². The molecule has 0 radical (unpaired) electrons. The van der Waals surface area contributed by atoms with E-state index >= 15 is 0 Å². The molecule has 2 atom stereocenters. The molecule has 0 aromatic heterocycles. The number of hydrogen-bond donors (Lipinski definition) is 3. The SMILES string of the molecule is CO[C@@H](C/C=C/C=C/CC/C=C\C[C@@H](C)/C=C\C(=C/C(=O)O)CC(=O)O)/C(C)=C\C=C(/C)C(=O)O. The molecule has 0 bridgehead atoms. The Morgan fingerprint density at radius 1 is 0.886 bits per heavy atom. The molecular formula is C28H38O7. The highest BCUT2D eigenvalue weighted by atomic mass is 16.5. The summed E-state index contributed by atoms with van der Waals surface area (Å²) in [5.41, 5.74) is 1.48. The van der Waals surface area contributed by atoms with Crippen molar-refractivity contribution in [2.24, 2.45) is 5.92 Å². The summed E-state index contributed by atoms with van der Waals surface area (Å²) in [6, 6.07) is 0. The van der Waals surface area contributed by atoms with E-state index < -0.39 is 17.9 Å². The summed E-state index contributed by atoms with van der Waals surface area (Å²) in [6.45, 7) is 5.44. The molecule has 0 aliphatic carbocycles. The molecule has 7 nitrogen and oxygen atoms in total. The van der Waals surface area contributed by atoms with Crippen LogP contribution in [0.15, 0.2) is 83.6 Å². The maximum Gasteiger partial charge on any atom is 0.331 e. The summed E-state index contributed by atoms with van der Waals surface area (Å²) < 4.78 is 5.47. The van der Waals surface area contributed by atoms with Gasteiger partial charge in [0.2, 0.25) is 0 Å². The van der Waals surface area contributed by atoms with Crippen molar-refractivity contribution in [1.29, 1.82) is 0 Å². The van der Waals surface area contributed by atoms with Gasteiger partial charge in [-0.15, -0.1) is 0 Å². The zero-order chi connectivity index (χ0) is 26.6. The number of aliphatic carboxylic acids is 3. The Morgan fingerprint density at radius 3 is 2.14 bits per heavy atom. The third kappa shape index (κ3) is 17.7. The van der Waals surface area contributed by atoms with Gasteiger partial charge in [-0.05, 0) is 56.6 Å². The van der Waals surface area contributed by atoms with Gasteiger partial charge in [0.15, 0.2) is 0 Å². The maximum absolute atomic E-state index is 10.9. The highest BCUT2D eigenvalue weighted by molar-refractivity contribution is 5.86. The molecule has 0 aromatic carbocycles. The van der Waals surface area contributed by atoms with Crippen molar-refractivity contribution in [1.82, 2.24) is 0 Å². The fourth-order valence-corrected chi connectivity index (χ4v) is 2.84. The standard InChI is InChI=1S/C28H38O7/c1-21(15-18-24(19-26(29)30)20-27(31)32)13-11-9-7-5-6-8-10-12-14-25(35-4)22(2)16-17-23(3)28(33)34/h6,8-12,15-19,21,25H,5,7,13-14,20H2,1-4H3,(H,29,30)(H,31,32)(H,33,34)/b8-6+,11-9-,12-10+,18-15-,22-16-,23-17+,24-19+/t21-,25+/m1/s1. The lowest BCUT2D eigenvalue weighted by Crippen LogP contribution is -2.10. The Bertz CT molecular complexity index is 898. The average Bonchev–Trinajstić information content (AvgIpc) is 2.78. The van der Waals surface area contributed by atoms with E-state index in [1.165, 1.54) is 0 Å². The third-order valence-corrected chi connectivity index (χ3v) is 4.94. The van der Waals surface area contributed by atoms with Gasteiger partial charge in [-0.25, -0.2) is 9.59 Å². The number of ether oxygens (including phenoxy) is 1. The smallest absolute Gasteiger partial charge is 0.331 e.